The van der Waals surface area contributed by atoms with Crippen LogP contribution in [-0.2, 0) is 6.42 Å². The fourth-order valence-corrected chi connectivity index (χ4v) is 2.51. The van der Waals surface area contributed by atoms with Gasteiger partial charge >= 0.3 is 0 Å². The molecule has 0 fully saturated rings. The van der Waals surface area contributed by atoms with Crippen LogP contribution in [0.2, 0.25) is 0 Å². The van der Waals surface area contributed by atoms with E-state index in [-0.39, 0.29) is 0 Å². The van der Waals surface area contributed by atoms with Crippen molar-refractivity contribution in [2.45, 2.75) is 40.0 Å². The lowest BCUT2D eigenvalue weighted by Crippen LogP contribution is -2.07. The third-order valence-corrected chi connectivity index (χ3v) is 3.88. The van der Waals surface area contributed by atoms with Crippen LogP contribution in [0, 0.1) is 6.92 Å². The number of aryl methyl sites for hydroxylation is 2. The van der Waals surface area contributed by atoms with E-state index in [1.165, 1.54) is 0 Å². The van der Waals surface area contributed by atoms with Crippen LogP contribution in [-0.4, -0.2) is 16.5 Å². The molecule has 0 amide bonds. The Kier molecular flexibility index (Phi) is 5.17. The molecule has 0 aliphatic heterocycles. The molecule has 108 valence electrons. The minimum atomic E-state index is 0.724. The Hall–Kier alpha value is -1.36. The number of aromatic nitrogens is 2. The maximum absolute atomic E-state index is 5.36. The lowest BCUT2D eigenvalue weighted by molar-refractivity contribution is 0.535. The zero-order valence-electron chi connectivity index (χ0n) is 12.2. The van der Waals surface area contributed by atoms with Crippen molar-refractivity contribution in [3.05, 3.63) is 28.3 Å². The monoisotopic (exact) mass is 337 g/mol. The van der Waals surface area contributed by atoms with Crippen LogP contribution in [0.15, 0.2) is 21.2 Å². The minimum Gasteiger partial charge on any atom is -0.469 e. The number of nitrogens with one attached hydrogen (secondary N) is 1. The Bertz CT molecular complexity index is 580. The predicted molar refractivity (Wildman–Crippen MR) is 84.9 cm³/mol. The molecule has 4 nitrogen and oxygen atoms in total. The summed E-state index contributed by atoms with van der Waals surface area (Å²) >= 11 is 3.62. The van der Waals surface area contributed by atoms with Crippen molar-refractivity contribution in [1.82, 2.24) is 9.97 Å². The van der Waals surface area contributed by atoms with E-state index in [0.29, 0.717) is 0 Å². The summed E-state index contributed by atoms with van der Waals surface area (Å²) in [7, 11) is 0. The van der Waals surface area contributed by atoms with E-state index in [9.17, 15) is 0 Å². The topological polar surface area (TPSA) is 51.0 Å². The van der Waals surface area contributed by atoms with Crippen LogP contribution in [0.1, 0.15) is 38.1 Å². The first-order valence-electron chi connectivity index (χ1n) is 7.02. The number of halogens is 1. The van der Waals surface area contributed by atoms with Crippen molar-refractivity contribution in [3.63, 3.8) is 0 Å². The maximum Gasteiger partial charge on any atom is 0.165 e. The first kappa shape index (κ1) is 15.0. The van der Waals surface area contributed by atoms with E-state index in [4.69, 9.17) is 4.42 Å². The van der Waals surface area contributed by atoms with E-state index in [1.807, 2.05) is 13.0 Å². The molecule has 5 heteroatoms. The van der Waals surface area contributed by atoms with Gasteiger partial charge in [-0.2, -0.15) is 0 Å². The van der Waals surface area contributed by atoms with Gasteiger partial charge in [-0.3, -0.25) is 0 Å². The average Bonchev–Trinajstić information content (AvgIpc) is 2.86. The first-order chi connectivity index (χ1) is 9.67. The summed E-state index contributed by atoms with van der Waals surface area (Å²) in [6.07, 6.45) is 4.70. The Balaban J connectivity index is 2.46. The SMILES string of the molecule is CCCNc1nc(-c2ccoc2C)nc(CCC)c1Br. The van der Waals surface area contributed by atoms with Crippen LogP contribution in [0.5, 0.6) is 0 Å². The van der Waals surface area contributed by atoms with Gasteiger partial charge in [0.1, 0.15) is 11.6 Å². The molecular formula is C15H20BrN3O. The molecule has 0 bridgehead atoms. The summed E-state index contributed by atoms with van der Waals surface area (Å²) in [4.78, 5) is 9.30. The third-order valence-electron chi connectivity index (χ3n) is 3.05. The van der Waals surface area contributed by atoms with Gasteiger partial charge in [-0.25, -0.2) is 9.97 Å². The molecule has 2 rings (SSSR count). The van der Waals surface area contributed by atoms with E-state index < -0.39 is 0 Å². The number of anilines is 1. The van der Waals surface area contributed by atoms with E-state index in [0.717, 1.165) is 58.9 Å². The molecule has 0 aliphatic carbocycles. The highest BCUT2D eigenvalue weighted by atomic mass is 79.9. The predicted octanol–water partition coefficient (Wildman–Crippen LogP) is 4.58. The van der Waals surface area contributed by atoms with Crippen molar-refractivity contribution < 1.29 is 4.42 Å². The number of hydrogen-bond donors (Lipinski definition) is 1. The lowest BCUT2D eigenvalue weighted by atomic mass is 10.2. The number of furan rings is 1. The molecule has 2 aromatic heterocycles. The van der Waals surface area contributed by atoms with Crippen LogP contribution < -0.4 is 5.32 Å². The Morgan fingerprint density at radius 3 is 2.65 bits per heavy atom. The van der Waals surface area contributed by atoms with Gasteiger partial charge in [-0.1, -0.05) is 20.3 Å². The van der Waals surface area contributed by atoms with Gasteiger partial charge in [-0.15, -0.1) is 0 Å². The summed E-state index contributed by atoms with van der Waals surface area (Å²) in [5, 5.41) is 3.35. The highest BCUT2D eigenvalue weighted by Gasteiger charge is 2.15. The van der Waals surface area contributed by atoms with Gasteiger partial charge in [0.2, 0.25) is 0 Å². The highest BCUT2D eigenvalue weighted by molar-refractivity contribution is 9.10. The summed E-state index contributed by atoms with van der Waals surface area (Å²) in [6.45, 7) is 7.11. The smallest absolute Gasteiger partial charge is 0.165 e. The second-order valence-corrected chi connectivity index (χ2v) is 5.52. The molecule has 0 saturated heterocycles. The normalized spacial score (nSPS) is 10.8. The number of rotatable bonds is 6. The summed E-state index contributed by atoms with van der Waals surface area (Å²) < 4.78 is 6.33. The second kappa shape index (κ2) is 6.88. The summed E-state index contributed by atoms with van der Waals surface area (Å²) in [6, 6.07) is 1.91. The van der Waals surface area contributed by atoms with Gasteiger partial charge in [-0.05, 0) is 41.8 Å². The molecule has 0 aromatic carbocycles. The third kappa shape index (κ3) is 3.20. The average molecular weight is 338 g/mol. The van der Waals surface area contributed by atoms with Crippen molar-refractivity contribution in [1.29, 1.82) is 0 Å². The number of nitrogens with zero attached hydrogens (tertiary/aromatic N) is 2. The van der Waals surface area contributed by atoms with E-state index >= 15 is 0 Å². The molecule has 1 N–H and O–H groups in total. The van der Waals surface area contributed by atoms with Crippen molar-refractivity contribution >= 4 is 21.7 Å². The quantitative estimate of drug-likeness (QED) is 0.837. The molecule has 2 heterocycles. The Morgan fingerprint density at radius 2 is 2.05 bits per heavy atom. The number of hydrogen-bond acceptors (Lipinski definition) is 4. The van der Waals surface area contributed by atoms with Gasteiger partial charge in [0, 0.05) is 6.54 Å². The van der Waals surface area contributed by atoms with Gasteiger partial charge in [0.25, 0.3) is 0 Å². The zero-order chi connectivity index (χ0) is 14.5. The second-order valence-electron chi connectivity index (χ2n) is 4.72. The molecule has 0 saturated carbocycles. The van der Waals surface area contributed by atoms with Gasteiger partial charge < -0.3 is 9.73 Å². The molecule has 0 unspecified atom stereocenters. The van der Waals surface area contributed by atoms with Crippen LogP contribution in [0.3, 0.4) is 0 Å². The van der Waals surface area contributed by atoms with Gasteiger partial charge in [0.15, 0.2) is 5.82 Å². The Labute approximate surface area is 128 Å². The van der Waals surface area contributed by atoms with E-state index in [2.05, 4.69) is 45.1 Å². The lowest BCUT2D eigenvalue weighted by Gasteiger charge is -2.12. The summed E-state index contributed by atoms with van der Waals surface area (Å²) in [5.41, 5.74) is 1.99. The molecule has 0 radical (unpaired) electrons. The van der Waals surface area contributed by atoms with Crippen molar-refractivity contribution in [2.75, 3.05) is 11.9 Å². The fraction of sp³-hybridized carbons (Fsp3) is 0.467. The molecule has 2 aromatic rings. The van der Waals surface area contributed by atoms with E-state index in [1.54, 1.807) is 6.26 Å². The molecular weight excluding hydrogens is 318 g/mol. The van der Waals surface area contributed by atoms with Gasteiger partial charge in [0.05, 0.1) is 22.0 Å². The largest absolute Gasteiger partial charge is 0.469 e. The standard InChI is InChI=1S/C15H20BrN3O/c1-4-6-12-13(16)15(17-8-5-2)19-14(18-12)11-7-9-20-10(11)3/h7,9H,4-6,8H2,1-3H3,(H,17,18,19). The van der Waals surface area contributed by atoms with Crippen molar-refractivity contribution in [2.24, 2.45) is 0 Å². The van der Waals surface area contributed by atoms with Crippen LogP contribution in [0.4, 0.5) is 5.82 Å². The zero-order valence-corrected chi connectivity index (χ0v) is 13.7. The fourth-order valence-electron chi connectivity index (χ4n) is 1.99. The maximum atomic E-state index is 5.36. The van der Waals surface area contributed by atoms with Crippen molar-refractivity contribution in [3.8, 4) is 11.4 Å². The molecule has 0 aliphatic rings. The molecule has 0 atom stereocenters. The first-order valence-corrected chi connectivity index (χ1v) is 7.81. The van der Waals surface area contributed by atoms with Crippen LogP contribution in [0.25, 0.3) is 11.4 Å². The van der Waals surface area contributed by atoms with Crippen LogP contribution >= 0.6 is 15.9 Å². The minimum absolute atomic E-state index is 0.724. The summed E-state index contributed by atoms with van der Waals surface area (Å²) in [5.74, 6) is 2.43. The highest BCUT2D eigenvalue weighted by Crippen LogP contribution is 2.29. The molecule has 0 spiro atoms. The Morgan fingerprint density at radius 1 is 1.25 bits per heavy atom. The molecule has 20 heavy (non-hydrogen) atoms.